The Kier molecular flexibility index (Phi) is 2.33. The number of pyridine rings is 1. The minimum Gasteiger partial charge on any atom is -0.399 e. The molecule has 0 bridgehead atoms. The van der Waals surface area contributed by atoms with Crippen molar-refractivity contribution in [2.75, 3.05) is 11.1 Å². The molecule has 2 aromatic heterocycles. The zero-order valence-electron chi connectivity index (χ0n) is 9.34. The van der Waals surface area contributed by atoms with E-state index in [9.17, 15) is 4.39 Å². The maximum Gasteiger partial charge on any atom is 0.247 e. The van der Waals surface area contributed by atoms with Gasteiger partial charge in [0.1, 0.15) is 5.82 Å². The van der Waals surface area contributed by atoms with Gasteiger partial charge >= 0.3 is 0 Å². The smallest absolute Gasteiger partial charge is 0.247 e. The van der Waals surface area contributed by atoms with Crippen molar-refractivity contribution in [3.05, 3.63) is 48.4 Å². The molecular weight excluding hydrogens is 233 g/mol. The molecule has 90 valence electrons. The molecule has 0 amide bonds. The number of anilines is 3. The van der Waals surface area contributed by atoms with Crippen molar-refractivity contribution < 1.29 is 4.39 Å². The predicted molar refractivity (Wildman–Crippen MR) is 67.1 cm³/mol. The van der Waals surface area contributed by atoms with Gasteiger partial charge in [0.2, 0.25) is 5.95 Å². The molecular formula is C12H10FN5. The summed E-state index contributed by atoms with van der Waals surface area (Å²) in [6.07, 6.45) is 1.27. The quantitative estimate of drug-likeness (QED) is 0.677. The molecule has 0 radical (unpaired) electrons. The molecule has 0 fully saturated rings. The second-order valence-corrected chi connectivity index (χ2v) is 3.84. The van der Waals surface area contributed by atoms with Crippen molar-refractivity contribution in [1.29, 1.82) is 0 Å². The lowest BCUT2D eigenvalue weighted by atomic mass is 10.3. The molecule has 0 spiro atoms. The monoisotopic (exact) mass is 243 g/mol. The van der Waals surface area contributed by atoms with Crippen molar-refractivity contribution in [2.24, 2.45) is 0 Å². The van der Waals surface area contributed by atoms with Crippen LogP contribution in [-0.4, -0.2) is 14.6 Å². The molecule has 1 aromatic carbocycles. The molecule has 5 nitrogen and oxygen atoms in total. The summed E-state index contributed by atoms with van der Waals surface area (Å²) in [4.78, 5) is 4.21. The Balaban J connectivity index is 1.95. The average molecular weight is 243 g/mol. The van der Waals surface area contributed by atoms with Crippen LogP contribution >= 0.6 is 0 Å². The molecule has 3 aromatic rings. The van der Waals surface area contributed by atoms with Crippen molar-refractivity contribution in [3.8, 4) is 0 Å². The van der Waals surface area contributed by atoms with E-state index in [-0.39, 0.29) is 5.82 Å². The van der Waals surface area contributed by atoms with E-state index >= 15 is 0 Å². The molecule has 0 aliphatic heterocycles. The van der Waals surface area contributed by atoms with Crippen molar-refractivity contribution >= 4 is 23.0 Å². The van der Waals surface area contributed by atoms with Gasteiger partial charge in [-0.15, -0.1) is 5.10 Å². The number of aromatic nitrogens is 3. The highest BCUT2D eigenvalue weighted by Crippen LogP contribution is 2.16. The molecule has 0 saturated carbocycles. The van der Waals surface area contributed by atoms with E-state index < -0.39 is 0 Å². The summed E-state index contributed by atoms with van der Waals surface area (Å²) in [5, 5.41) is 7.12. The van der Waals surface area contributed by atoms with Crippen LogP contribution in [0.4, 0.5) is 21.7 Å². The van der Waals surface area contributed by atoms with Crippen LogP contribution in [0.3, 0.4) is 0 Å². The number of hydrogen-bond donors (Lipinski definition) is 2. The lowest BCUT2D eigenvalue weighted by molar-refractivity contribution is 0.615. The number of rotatable bonds is 2. The summed E-state index contributed by atoms with van der Waals surface area (Å²) in [6.45, 7) is 0. The van der Waals surface area contributed by atoms with E-state index in [1.807, 2.05) is 12.1 Å². The third kappa shape index (κ3) is 1.95. The normalized spacial score (nSPS) is 10.7. The summed E-state index contributed by atoms with van der Waals surface area (Å²) in [5.74, 6) is 0.0362. The first-order chi connectivity index (χ1) is 8.70. The minimum atomic E-state index is -0.358. The van der Waals surface area contributed by atoms with Gasteiger partial charge in [0.15, 0.2) is 5.65 Å². The van der Waals surface area contributed by atoms with Gasteiger partial charge < -0.3 is 11.1 Å². The Labute approximate surface area is 102 Å². The van der Waals surface area contributed by atoms with Gasteiger partial charge in [-0.2, -0.15) is 4.98 Å². The summed E-state index contributed by atoms with van der Waals surface area (Å²) in [7, 11) is 0. The van der Waals surface area contributed by atoms with Crippen LogP contribution in [0.25, 0.3) is 5.65 Å². The average Bonchev–Trinajstić information content (AvgIpc) is 2.70. The van der Waals surface area contributed by atoms with Crippen molar-refractivity contribution in [1.82, 2.24) is 14.6 Å². The van der Waals surface area contributed by atoms with Gasteiger partial charge in [-0.05, 0) is 30.3 Å². The minimum absolute atomic E-state index is 0.358. The number of fused-ring (bicyclic) bond motifs is 1. The summed E-state index contributed by atoms with van der Waals surface area (Å²) in [6, 6.07) is 10.1. The van der Waals surface area contributed by atoms with Gasteiger partial charge in [0.05, 0.1) is 6.20 Å². The molecule has 0 saturated heterocycles. The second kappa shape index (κ2) is 3.99. The SMILES string of the molecule is Nc1cccc(Nc2nc3ccc(F)cn3n2)c1. The number of nitrogens with zero attached hydrogens (tertiary/aromatic N) is 3. The molecule has 0 unspecified atom stereocenters. The topological polar surface area (TPSA) is 68.2 Å². The van der Waals surface area contributed by atoms with Crippen LogP contribution in [-0.2, 0) is 0 Å². The molecule has 2 heterocycles. The number of nitrogen functional groups attached to an aromatic ring is 1. The highest BCUT2D eigenvalue weighted by Gasteiger charge is 2.04. The second-order valence-electron chi connectivity index (χ2n) is 3.84. The molecule has 0 atom stereocenters. The van der Waals surface area contributed by atoms with Crippen LogP contribution in [0.15, 0.2) is 42.6 Å². The van der Waals surface area contributed by atoms with Crippen molar-refractivity contribution in [2.45, 2.75) is 0 Å². The Morgan fingerprint density at radius 2 is 2.11 bits per heavy atom. The van der Waals surface area contributed by atoms with E-state index in [1.165, 1.54) is 16.8 Å². The molecule has 3 N–H and O–H groups in total. The third-order valence-corrected chi connectivity index (χ3v) is 2.44. The van der Waals surface area contributed by atoms with E-state index in [2.05, 4.69) is 15.4 Å². The first-order valence-electron chi connectivity index (χ1n) is 5.35. The summed E-state index contributed by atoms with van der Waals surface area (Å²) in [5.41, 5.74) is 7.68. The highest BCUT2D eigenvalue weighted by atomic mass is 19.1. The van der Waals surface area contributed by atoms with Gasteiger partial charge in [-0.1, -0.05) is 6.07 Å². The van der Waals surface area contributed by atoms with E-state index in [0.717, 1.165) is 5.69 Å². The Morgan fingerprint density at radius 1 is 1.22 bits per heavy atom. The lowest BCUT2D eigenvalue weighted by Gasteiger charge is -2.01. The van der Waals surface area contributed by atoms with Crippen molar-refractivity contribution in [3.63, 3.8) is 0 Å². The zero-order chi connectivity index (χ0) is 12.5. The van der Waals surface area contributed by atoms with Crippen LogP contribution in [0.5, 0.6) is 0 Å². The lowest BCUT2D eigenvalue weighted by Crippen LogP contribution is -1.94. The van der Waals surface area contributed by atoms with Gasteiger partial charge in [0.25, 0.3) is 0 Å². The van der Waals surface area contributed by atoms with Crippen LogP contribution in [0.1, 0.15) is 0 Å². The molecule has 3 rings (SSSR count). The fourth-order valence-corrected chi connectivity index (χ4v) is 1.66. The van der Waals surface area contributed by atoms with Gasteiger partial charge in [-0.25, -0.2) is 8.91 Å². The Morgan fingerprint density at radius 3 is 2.94 bits per heavy atom. The Bertz CT molecular complexity index is 707. The van der Waals surface area contributed by atoms with Crippen LogP contribution in [0, 0.1) is 5.82 Å². The number of benzene rings is 1. The largest absolute Gasteiger partial charge is 0.399 e. The van der Waals surface area contributed by atoms with Gasteiger partial charge in [-0.3, -0.25) is 0 Å². The number of nitrogens with two attached hydrogens (primary N) is 1. The first kappa shape index (κ1) is 10.5. The fraction of sp³-hybridized carbons (Fsp3) is 0. The van der Waals surface area contributed by atoms with Gasteiger partial charge in [0, 0.05) is 11.4 Å². The maximum absolute atomic E-state index is 13.0. The van der Waals surface area contributed by atoms with Crippen LogP contribution in [0.2, 0.25) is 0 Å². The van der Waals surface area contributed by atoms with E-state index in [1.54, 1.807) is 18.2 Å². The molecule has 0 aliphatic carbocycles. The standard InChI is InChI=1S/C12H10FN5/c13-8-4-5-11-16-12(17-18(11)7-8)15-10-3-1-2-9(14)6-10/h1-7H,14H2,(H,15,17). The first-order valence-corrected chi connectivity index (χ1v) is 5.35. The maximum atomic E-state index is 13.0. The van der Waals surface area contributed by atoms with E-state index in [0.29, 0.717) is 17.3 Å². The predicted octanol–water partition coefficient (Wildman–Crippen LogP) is 2.19. The molecule has 0 aliphatic rings. The Hall–Kier alpha value is -2.63. The third-order valence-electron chi connectivity index (χ3n) is 2.44. The summed E-state index contributed by atoms with van der Waals surface area (Å²) >= 11 is 0. The number of nitrogens with one attached hydrogen (secondary N) is 1. The molecule has 18 heavy (non-hydrogen) atoms. The van der Waals surface area contributed by atoms with E-state index in [4.69, 9.17) is 5.73 Å². The number of halogens is 1. The van der Waals surface area contributed by atoms with Crippen LogP contribution < -0.4 is 11.1 Å². The summed E-state index contributed by atoms with van der Waals surface area (Å²) < 4.78 is 14.4. The highest BCUT2D eigenvalue weighted by molar-refractivity contribution is 5.60. The fourth-order valence-electron chi connectivity index (χ4n) is 1.66. The number of hydrogen-bond acceptors (Lipinski definition) is 4. The zero-order valence-corrected chi connectivity index (χ0v) is 9.34. The molecule has 6 heteroatoms.